The van der Waals surface area contributed by atoms with E-state index < -0.39 is 5.91 Å². The van der Waals surface area contributed by atoms with Crippen molar-refractivity contribution in [2.75, 3.05) is 18.2 Å². The molecule has 8 nitrogen and oxygen atoms in total. The molecule has 3 rings (SSSR count). The van der Waals surface area contributed by atoms with Crippen LogP contribution in [0.15, 0.2) is 47.6 Å². The summed E-state index contributed by atoms with van der Waals surface area (Å²) in [6.45, 7) is 3.62. The number of nitrogens with two attached hydrogens (primary N) is 1. The first-order chi connectivity index (χ1) is 13.9. The molecule has 0 fully saturated rings. The molecular weight excluding hydrogens is 390 g/mol. The van der Waals surface area contributed by atoms with Crippen LogP contribution in [0.3, 0.4) is 0 Å². The summed E-state index contributed by atoms with van der Waals surface area (Å²) in [7, 11) is 1.61. The van der Waals surface area contributed by atoms with Crippen LogP contribution in [0.5, 0.6) is 5.75 Å². The first-order valence-electron chi connectivity index (χ1n) is 8.78. The number of benzene rings is 2. The zero-order chi connectivity index (χ0) is 21.0. The number of primary amides is 1. The third-order valence-electron chi connectivity index (χ3n) is 4.23. The number of rotatable bonds is 7. The van der Waals surface area contributed by atoms with Gasteiger partial charge in [-0.05, 0) is 61.9 Å². The third kappa shape index (κ3) is 4.75. The summed E-state index contributed by atoms with van der Waals surface area (Å²) in [5, 5.41) is 11.7. The van der Waals surface area contributed by atoms with Crippen LogP contribution in [0, 0.1) is 13.8 Å². The molecule has 0 unspecified atom stereocenters. The molecule has 9 heteroatoms. The number of carbonyl (C=O) groups is 2. The maximum atomic E-state index is 12.4. The Kier molecular flexibility index (Phi) is 6.18. The zero-order valence-corrected chi connectivity index (χ0v) is 17.1. The van der Waals surface area contributed by atoms with Crippen molar-refractivity contribution in [2.45, 2.75) is 19.0 Å². The van der Waals surface area contributed by atoms with E-state index in [1.165, 1.54) is 11.8 Å². The number of ether oxygens (including phenoxy) is 1. The molecule has 3 N–H and O–H groups in total. The normalized spacial score (nSPS) is 10.6. The lowest BCUT2D eigenvalue weighted by atomic mass is 10.1. The summed E-state index contributed by atoms with van der Waals surface area (Å²) < 4.78 is 7.07. The van der Waals surface area contributed by atoms with E-state index in [2.05, 4.69) is 15.5 Å². The molecule has 0 saturated carbocycles. The van der Waals surface area contributed by atoms with Gasteiger partial charge in [0.05, 0.1) is 12.9 Å². The van der Waals surface area contributed by atoms with Gasteiger partial charge in [0.25, 0.3) is 0 Å². The summed E-state index contributed by atoms with van der Waals surface area (Å²) in [6, 6.07) is 12.5. The van der Waals surface area contributed by atoms with E-state index in [9.17, 15) is 9.59 Å². The van der Waals surface area contributed by atoms with Crippen LogP contribution >= 0.6 is 11.8 Å². The molecule has 0 saturated heterocycles. The van der Waals surface area contributed by atoms with Crippen LogP contribution in [0.4, 0.5) is 5.69 Å². The Morgan fingerprint density at radius 1 is 1.14 bits per heavy atom. The molecule has 150 valence electrons. The van der Waals surface area contributed by atoms with Gasteiger partial charge in [0.15, 0.2) is 5.16 Å². The highest BCUT2D eigenvalue weighted by molar-refractivity contribution is 7.99. The Bertz CT molecular complexity index is 1050. The van der Waals surface area contributed by atoms with E-state index in [1.807, 2.05) is 35.8 Å². The molecule has 0 aliphatic heterocycles. The topological polar surface area (TPSA) is 112 Å². The molecule has 0 atom stereocenters. The highest BCUT2D eigenvalue weighted by atomic mass is 32.2. The van der Waals surface area contributed by atoms with Crippen LogP contribution in [0.2, 0.25) is 0 Å². The number of hydrogen-bond donors (Lipinski definition) is 2. The molecule has 0 bridgehead atoms. The lowest BCUT2D eigenvalue weighted by Gasteiger charge is -2.10. The maximum Gasteiger partial charge on any atom is 0.248 e. The number of thioether (sulfide) groups is 1. The lowest BCUT2D eigenvalue weighted by Crippen LogP contribution is -2.16. The van der Waals surface area contributed by atoms with Gasteiger partial charge >= 0.3 is 0 Å². The van der Waals surface area contributed by atoms with Crippen LogP contribution in [0.1, 0.15) is 21.7 Å². The van der Waals surface area contributed by atoms with E-state index in [0.29, 0.717) is 22.0 Å². The largest absolute Gasteiger partial charge is 0.497 e. The number of amides is 2. The fraction of sp³-hybridized carbons (Fsp3) is 0.200. The summed E-state index contributed by atoms with van der Waals surface area (Å²) in [5.41, 5.74) is 7.93. The number of carbonyl (C=O) groups excluding carboxylic acids is 2. The lowest BCUT2D eigenvalue weighted by molar-refractivity contribution is -0.113. The third-order valence-corrected chi connectivity index (χ3v) is 5.16. The fourth-order valence-electron chi connectivity index (χ4n) is 2.81. The summed E-state index contributed by atoms with van der Waals surface area (Å²) >= 11 is 1.28. The average molecular weight is 411 g/mol. The predicted octanol–water partition coefficient (Wildman–Crippen LogP) is 2.72. The van der Waals surface area contributed by atoms with Crippen molar-refractivity contribution >= 4 is 29.3 Å². The molecule has 0 aliphatic carbocycles. The highest BCUT2D eigenvalue weighted by Crippen LogP contribution is 2.24. The molecular formula is C20H21N5O3S. The van der Waals surface area contributed by atoms with Crippen molar-refractivity contribution in [1.82, 2.24) is 14.8 Å². The van der Waals surface area contributed by atoms with Crippen molar-refractivity contribution in [1.29, 1.82) is 0 Å². The van der Waals surface area contributed by atoms with E-state index in [1.54, 1.807) is 32.2 Å². The van der Waals surface area contributed by atoms with Gasteiger partial charge in [-0.15, -0.1) is 10.2 Å². The van der Waals surface area contributed by atoms with E-state index >= 15 is 0 Å². The Balaban J connectivity index is 1.68. The fourth-order valence-corrected chi connectivity index (χ4v) is 3.61. The molecule has 1 heterocycles. The minimum atomic E-state index is -0.496. The number of aryl methyl sites for hydroxylation is 2. The van der Waals surface area contributed by atoms with Gasteiger partial charge in [0, 0.05) is 16.9 Å². The van der Waals surface area contributed by atoms with Gasteiger partial charge in [-0.2, -0.15) is 0 Å². The second-order valence-electron chi connectivity index (χ2n) is 6.29. The molecule has 29 heavy (non-hydrogen) atoms. The second kappa shape index (κ2) is 8.78. The van der Waals surface area contributed by atoms with Crippen LogP contribution < -0.4 is 15.8 Å². The Labute approximate surface area is 172 Å². The van der Waals surface area contributed by atoms with Gasteiger partial charge in [-0.25, -0.2) is 0 Å². The van der Waals surface area contributed by atoms with Crippen LogP contribution in [0.25, 0.3) is 5.69 Å². The molecule has 2 amide bonds. The molecule has 0 radical (unpaired) electrons. The number of aromatic nitrogens is 3. The van der Waals surface area contributed by atoms with E-state index in [-0.39, 0.29) is 11.7 Å². The maximum absolute atomic E-state index is 12.4. The molecule has 1 aromatic heterocycles. The minimum Gasteiger partial charge on any atom is -0.497 e. The van der Waals surface area contributed by atoms with Crippen molar-refractivity contribution < 1.29 is 14.3 Å². The zero-order valence-electron chi connectivity index (χ0n) is 16.3. The monoisotopic (exact) mass is 411 g/mol. The summed E-state index contributed by atoms with van der Waals surface area (Å²) in [5.74, 6) is 0.944. The van der Waals surface area contributed by atoms with E-state index in [0.717, 1.165) is 17.3 Å². The van der Waals surface area contributed by atoms with Crippen LogP contribution in [-0.4, -0.2) is 39.4 Å². The Morgan fingerprint density at radius 3 is 2.48 bits per heavy atom. The van der Waals surface area contributed by atoms with Crippen molar-refractivity contribution in [3.63, 3.8) is 0 Å². The standard InChI is InChI=1S/C20H21N5O3S/c1-12-10-14(4-9-17(12)19(21)27)22-18(26)11-29-20-24-23-13(2)25(20)15-5-7-16(28-3)8-6-15/h4-10H,11H2,1-3H3,(H2,21,27)(H,22,26). The van der Waals surface area contributed by atoms with Gasteiger partial charge in [0.1, 0.15) is 11.6 Å². The van der Waals surface area contributed by atoms with E-state index in [4.69, 9.17) is 10.5 Å². The van der Waals surface area contributed by atoms with Crippen molar-refractivity contribution in [3.05, 3.63) is 59.4 Å². The molecule has 0 aliphatic rings. The first-order valence-corrected chi connectivity index (χ1v) is 9.77. The summed E-state index contributed by atoms with van der Waals surface area (Å²) in [4.78, 5) is 23.7. The minimum absolute atomic E-state index is 0.158. The van der Waals surface area contributed by atoms with Crippen LogP contribution in [-0.2, 0) is 4.79 Å². The smallest absolute Gasteiger partial charge is 0.248 e. The number of anilines is 1. The molecule has 2 aromatic carbocycles. The molecule has 3 aromatic rings. The molecule has 0 spiro atoms. The highest BCUT2D eigenvalue weighted by Gasteiger charge is 2.14. The number of methoxy groups -OCH3 is 1. The second-order valence-corrected chi connectivity index (χ2v) is 7.24. The van der Waals surface area contributed by atoms with Crippen molar-refractivity contribution in [2.24, 2.45) is 5.73 Å². The summed E-state index contributed by atoms with van der Waals surface area (Å²) in [6.07, 6.45) is 0. The van der Waals surface area contributed by atoms with Gasteiger partial charge < -0.3 is 15.8 Å². The SMILES string of the molecule is COc1ccc(-n2c(C)nnc2SCC(=O)Nc2ccc(C(N)=O)c(C)c2)cc1. The van der Waals surface area contributed by atoms with Gasteiger partial charge in [-0.3, -0.25) is 14.2 Å². The van der Waals surface area contributed by atoms with Crippen molar-refractivity contribution in [3.8, 4) is 11.4 Å². The Morgan fingerprint density at radius 2 is 1.86 bits per heavy atom. The first kappa shape index (κ1) is 20.4. The van der Waals surface area contributed by atoms with Gasteiger partial charge in [0.2, 0.25) is 11.8 Å². The number of nitrogens with zero attached hydrogens (tertiary/aromatic N) is 3. The predicted molar refractivity (Wildman–Crippen MR) is 112 cm³/mol. The quantitative estimate of drug-likeness (QED) is 0.578. The average Bonchev–Trinajstić information content (AvgIpc) is 3.06. The number of nitrogens with one attached hydrogen (secondary N) is 1. The Hall–Kier alpha value is -3.33. The number of hydrogen-bond acceptors (Lipinski definition) is 6. The van der Waals surface area contributed by atoms with Gasteiger partial charge in [-0.1, -0.05) is 11.8 Å².